The number of fused-ring (bicyclic) bond motifs is 1. The van der Waals surface area contributed by atoms with Crippen LogP contribution in [0.15, 0.2) is 105 Å². The molecule has 2 aromatic heterocycles. The van der Waals surface area contributed by atoms with Gasteiger partial charge in [-0.3, -0.25) is 19.5 Å². The first-order valence-corrected chi connectivity index (χ1v) is 15.0. The average Bonchev–Trinajstić information content (AvgIpc) is 3.67. The summed E-state index contributed by atoms with van der Waals surface area (Å²) in [5, 5.41) is 11.2. The van der Waals surface area contributed by atoms with Gasteiger partial charge < -0.3 is 18.6 Å². The number of carbonyl (C=O) groups excluding carboxylic acids is 1. The van der Waals surface area contributed by atoms with Gasteiger partial charge in [0.05, 0.1) is 59.2 Å². The first-order chi connectivity index (χ1) is 22.3. The highest BCUT2D eigenvalue weighted by molar-refractivity contribution is 7.07. The highest BCUT2D eigenvalue weighted by Gasteiger charge is 2.35. The molecule has 0 fully saturated rings. The van der Waals surface area contributed by atoms with Crippen LogP contribution in [-0.2, 0) is 9.53 Å². The Labute approximate surface area is 266 Å². The van der Waals surface area contributed by atoms with Crippen LogP contribution in [0.4, 0.5) is 5.69 Å². The number of nitro groups is 1. The van der Waals surface area contributed by atoms with E-state index in [9.17, 15) is 19.7 Å². The van der Waals surface area contributed by atoms with E-state index in [0.717, 1.165) is 11.3 Å². The fourth-order valence-electron chi connectivity index (χ4n) is 5.24. The molecule has 0 unspecified atom stereocenters. The number of rotatable bonds is 9. The predicted molar refractivity (Wildman–Crippen MR) is 171 cm³/mol. The third-order valence-corrected chi connectivity index (χ3v) is 8.35. The Morgan fingerprint density at radius 2 is 1.80 bits per heavy atom. The first-order valence-electron chi connectivity index (χ1n) is 14.2. The van der Waals surface area contributed by atoms with E-state index in [0.29, 0.717) is 49.0 Å². The van der Waals surface area contributed by atoms with Crippen LogP contribution in [0.1, 0.15) is 29.9 Å². The van der Waals surface area contributed by atoms with Gasteiger partial charge in [-0.1, -0.05) is 53.8 Å². The van der Waals surface area contributed by atoms with Crippen LogP contribution in [0.3, 0.4) is 0 Å². The van der Waals surface area contributed by atoms with Crippen molar-refractivity contribution in [3.05, 3.63) is 137 Å². The van der Waals surface area contributed by atoms with Crippen molar-refractivity contribution >= 4 is 34.8 Å². The number of non-ortho nitro benzene ring substituents is 1. The molecule has 0 N–H and O–H groups in total. The molecule has 6 rings (SSSR count). The van der Waals surface area contributed by atoms with Gasteiger partial charge in [-0.05, 0) is 42.8 Å². The van der Waals surface area contributed by atoms with Crippen molar-refractivity contribution in [2.45, 2.75) is 13.0 Å². The number of esters is 1. The van der Waals surface area contributed by atoms with Crippen molar-refractivity contribution in [3.8, 4) is 22.8 Å². The summed E-state index contributed by atoms with van der Waals surface area (Å²) >= 11 is 1.16. The lowest BCUT2D eigenvalue weighted by molar-refractivity contribution is -0.384. The van der Waals surface area contributed by atoms with Crippen molar-refractivity contribution in [3.63, 3.8) is 0 Å². The molecular weight excluding hydrogens is 610 g/mol. The van der Waals surface area contributed by atoms with Gasteiger partial charge in [0.15, 0.2) is 4.80 Å². The number of carbonyl (C=O) groups is 1. The number of aromatic nitrogens is 1. The molecular formula is C34H27N3O8S. The number of ether oxygens (including phenoxy) is 3. The standard InChI is InChI=1S/C34H27N3O8S/c1-4-44-33(39)29-30(20-8-6-5-7-9-20)35-34-36(31(29)21-10-13-23(42-2)14-11-21)32(38)28(46-34)19-24-15-17-26(45-24)25-16-12-22(37(40)41)18-27(25)43-3/h5-19,31H,4H2,1-3H3/b28-19-/t31-/m1/s1. The minimum absolute atomic E-state index is 0.114. The zero-order valence-corrected chi connectivity index (χ0v) is 25.8. The lowest BCUT2D eigenvalue weighted by Crippen LogP contribution is -2.40. The molecule has 232 valence electrons. The zero-order valence-electron chi connectivity index (χ0n) is 25.0. The molecule has 5 aromatic rings. The molecule has 0 radical (unpaired) electrons. The second-order valence-corrected chi connectivity index (χ2v) is 11.1. The van der Waals surface area contributed by atoms with Crippen molar-refractivity contribution in [1.29, 1.82) is 0 Å². The number of thiazole rings is 1. The maximum absolute atomic E-state index is 14.1. The maximum atomic E-state index is 14.1. The summed E-state index contributed by atoms with van der Waals surface area (Å²) in [5.41, 5.74) is 2.06. The Morgan fingerprint density at radius 1 is 1.04 bits per heavy atom. The van der Waals surface area contributed by atoms with Gasteiger partial charge in [-0.25, -0.2) is 9.79 Å². The molecule has 0 amide bonds. The molecule has 11 nitrogen and oxygen atoms in total. The summed E-state index contributed by atoms with van der Waals surface area (Å²) in [6.07, 6.45) is 1.60. The summed E-state index contributed by atoms with van der Waals surface area (Å²) in [6.45, 7) is 1.87. The molecule has 0 saturated carbocycles. The van der Waals surface area contributed by atoms with Crippen molar-refractivity contribution in [2.75, 3.05) is 20.8 Å². The molecule has 12 heteroatoms. The monoisotopic (exact) mass is 637 g/mol. The third-order valence-electron chi connectivity index (χ3n) is 7.37. The van der Waals surface area contributed by atoms with Gasteiger partial charge in [0.1, 0.15) is 23.0 Å². The first kappa shape index (κ1) is 30.3. The largest absolute Gasteiger partial charge is 0.497 e. The number of benzene rings is 3. The molecule has 0 aliphatic carbocycles. The second kappa shape index (κ2) is 12.7. The molecule has 3 aromatic carbocycles. The molecule has 0 bridgehead atoms. The van der Waals surface area contributed by atoms with Crippen LogP contribution in [0.25, 0.3) is 23.1 Å². The molecule has 0 spiro atoms. The van der Waals surface area contributed by atoms with E-state index >= 15 is 0 Å². The molecule has 3 heterocycles. The van der Waals surface area contributed by atoms with Crippen LogP contribution < -0.4 is 24.4 Å². The fraction of sp³-hybridized carbons (Fsp3) is 0.147. The van der Waals surface area contributed by atoms with Gasteiger partial charge in [0, 0.05) is 17.7 Å². The summed E-state index contributed by atoms with van der Waals surface area (Å²) in [5.74, 6) is 1.09. The molecule has 46 heavy (non-hydrogen) atoms. The molecule has 0 saturated heterocycles. The number of hydrogen-bond acceptors (Lipinski definition) is 10. The maximum Gasteiger partial charge on any atom is 0.338 e. The van der Waals surface area contributed by atoms with E-state index < -0.39 is 16.9 Å². The van der Waals surface area contributed by atoms with Gasteiger partial charge >= 0.3 is 5.97 Å². The number of furan rings is 1. The Kier molecular flexibility index (Phi) is 8.36. The summed E-state index contributed by atoms with van der Waals surface area (Å²) in [7, 11) is 2.98. The number of nitro benzene ring substituents is 1. The van der Waals surface area contributed by atoms with Crippen LogP contribution in [-0.4, -0.2) is 36.3 Å². The van der Waals surface area contributed by atoms with Crippen LogP contribution in [0.2, 0.25) is 0 Å². The number of nitrogens with zero attached hydrogens (tertiary/aromatic N) is 3. The SMILES string of the molecule is CCOC(=O)C1=C(c2ccccc2)N=c2s/c(=C\c3ccc(-c4ccc([N+](=O)[O-])cc4OC)o3)c(=O)n2[C@@H]1c1ccc(OC)cc1. The Morgan fingerprint density at radius 3 is 2.48 bits per heavy atom. The fourth-order valence-corrected chi connectivity index (χ4v) is 6.22. The van der Waals surface area contributed by atoms with Gasteiger partial charge in [-0.15, -0.1) is 0 Å². The van der Waals surface area contributed by atoms with E-state index in [1.165, 1.54) is 23.8 Å². The third kappa shape index (κ3) is 5.61. The van der Waals surface area contributed by atoms with Crippen molar-refractivity contribution < 1.29 is 28.3 Å². The van der Waals surface area contributed by atoms with Gasteiger partial charge in [0.25, 0.3) is 11.2 Å². The van der Waals surface area contributed by atoms with E-state index in [-0.39, 0.29) is 29.2 Å². The predicted octanol–water partition coefficient (Wildman–Crippen LogP) is 5.12. The summed E-state index contributed by atoms with van der Waals surface area (Å²) in [6, 6.07) is 23.2. The van der Waals surface area contributed by atoms with Crippen LogP contribution in [0, 0.1) is 10.1 Å². The van der Waals surface area contributed by atoms with E-state index in [2.05, 4.69) is 0 Å². The van der Waals surface area contributed by atoms with Crippen LogP contribution in [0.5, 0.6) is 11.5 Å². The minimum atomic E-state index is -0.838. The Bertz CT molecular complexity index is 2160. The zero-order chi connectivity index (χ0) is 32.4. The quantitative estimate of drug-likeness (QED) is 0.123. The highest BCUT2D eigenvalue weighted by atomic mass is 32.1. The summed E-state index contributed by atoms with van der Waals surface area (Å²) in [4.78, 5) is 43.7. The van der Waals surface area contributed by atoms with Gasteiger partial charge in [0.2, 0.25) is 0 Å². The molecule has 1 aliphatic rings. The van der Waals surface area contributed by atoms with E-state index in [4.69, 9.17) is 23.6 Å². The smallest absolute Gasteiger partial charge is 0.338 e. The van der Waals surface area contributed by atoms with Gasteiger partial charge in [-0.2, -0.15) is 0 Å². The minimum Gasteiger partial charge on any atom is -0.497 e. The normalized spacial score (nSPS) is 14.4. The highest BCUT2D eigenvalue weighted by Crippen LogP contribution is 2.36. The lowest BCUT2D eigenvalue weighted by atomic mass is 9.93. The second-order valence-electron chi connectivity index (χ2n) is 10.0. The van der Waals surface area contributed by atoms with Crippen molar-refractivity contribution in [1.82, 2.24) is 4.57 Å². The van der Waals surface area contributed by atoms with Crippen LogP contribution >= 0.6 is 11.3 Å². The average molecular weight is 638 g/mol. The van der Waals surface area contributed by atoms with Crippen molar-refractivity contribution in [2.24, 2.45) is 4.99 Å². The summed E-state index contributed by atoms with van der Waals surface area (Å²) < 4.78 is 24.1. The Hall–Kier alpha value is -5.75. The molecule has 1 aliphatic heterocycles. The van der Waals surface area contributed by atoms with E-state index in [1.807, 2.05) is 42.5 Å². The Balaban J connectivity index is 1.52. The topological polar surface area (TPSA) is 135 Å². The molecule has 1 atom stereocenters. The number of hydrogen-bond donors (Lipinski definition) is 0. The number of methoxy groups -OCH3 is 2. The lowest BCUT2D eigenvalue weighted by Gasteiger charge is -2.26. The van der Waals surface area contributed by atoms with E-state index in [1.54, 1.807) is 50.4 Å².